The lowest BCUT2D eigenvalue weighted by Gasteiger charge is -2.12. The van der Waals surface area contributed by atoms with E-state index in [1.165, 1.54) is 37.5 Å². The van der Waals surface area contributed by atoms with E-state index in [0.29, 0.717) is 27.3 Å². The predicted molar refractivity (Wildman–Crippen MR) is 123 cm³/mol. The Labute approximate surface area is 198 Å². The molecule has 1 aliphatic carbocycles. The van der Waals surface area contributed by atoms with Gasteiger partial charge in [0.05, 0.1) is 19.9 Å². The van der Waals surface area contributed by atoms with Crippen LogP contribution in [0.3, 0.4) is 0 Å². The Morgan fingerprint density at radius 3 is 2.49 bits per heavy atom. The van der Waals surface area contributed by atoms with E-state index >= 15 is 0 Å². The summed E-state index contributed by atoms with van der Waals surface area (Å²) in [4.78, 5) is 17.2. The van der Waals surface area contributed by atoms with Crippen LogP contribution in [0, 0.1) is 0 Å². The lowest BCUT2D eigenvalue weighted by Crippen LogP contribution is -2.16. The number of halogens is 3. The fraction of sp³-hybridized carbons (Fsp3) is 0.240. The summed E-state index contributed by atoms with van der Waals surface area (Å²) in [6, 6.07) is 12.5. The highest BCUT2D eigenvalue weighted by atomic mass is 19.4. The fourth-order valence-electron chi connectivity index (χ4n) is 4.28. The molecule has 0 bridgehead atoms. The van der Waals surface area contributed by atoms with Crippen molar-refractivity contribution < 1.29 is 27.4 Å². The maximum atomic E-state index is 13.9. The second-order valence-electron chi connectivity index (χ2n) is 8.18. The van der Waals surface area contributed by atoms with Gasteiger partial charge < -0.3 is 14.8 Å². The molecular weight excluding hydrogens is 461 g/mol. The Hall–Kier alpha value is -4.08. The van der Waals surface area contributed by atoms with Crippen LogP contribution in [0.2, 0.25) is 0 Å². The zero-order valence-corrected chi connectivity index (χ0v) is 18.9. The average molecular weight is 482 g/mol. The van der Waals surface area contributed by atoms with Crippen LogP contribution in [0.1, 0.15) is 33.7 Å². The van der Waals surface area contributed by atoms with Gasteiger partial charge in [-0.05, 0) is 66.8 Å². The number of anilines is 1. The Morgan fingerprint density at radius 2 is 1.74 bits per heavy atom. The Bertz CT molecular complexity index is 1450. The largest absolute Gasteiger partial charge is 0.493 e. The Morgan fingerprint density at radius 1 is 0.971 bits per heavy atom. The molecule has 0 aliphatic heterocycles. The summed E-state index contributed by atoms with van der Waals surface area (Å²) in [5.74, 6) is 0.167. The van der Waals surface area contributed by atoms with E-state index in [9.17, 15) is 18.0 Å². The molecule has 1 aliphatic rings. The first kappa shape index (κ1) is 22.7. The molecule has 4 aromatic rings. The molecule has 180 valence electrons. The number of nitrogens with zero attached hydrogens (tertiary/aromatic N) is 3. The third-order valence-corrected chi connectivity index (χ3v) is 5.99. The molecule has 2 heterocycles. The molecule has 35 heavy (non-hydrogen) atoms. The quantitative estimate of drug-likeness (QED) is 0.425. The second-order valence-corrected chi connectivity index (χ2v) is 8.18. The minimum Gasteiger partial charge on any atom is -0.493 e. The highest BCUT2D eigenvalue weighted by Crippen LogP contribution is 2.35. The molecule has 0 fully saturated rings. The summed E-state index contributed by atoms with van der Waals surface area (Å²) in [5.41, 5.74) is 2.09. The highest BCUT2D eigenvalue weighted by molar-refractivity contribution is 6.03. The summed E-state index contributed by atoms with van der Waals surface area (Å²) in [5, 5.41) is 6.65. The van der Waals surface area contributed by atoms with E-state index in [4.69, 9.17) is 9.47 Å². The first-order chi connectivity index (χ1) is 16.8. The van der Waals surface area contributed by atoms with Crippen molar-refractivity contribution in [2.24, 2.45) is 0 Å². The molecular formula is C25H21F3N4O3. The number of fused-ring (bicyclic) bond motifs is 2. The molecule has 1 N–H and O–H groups in total. The van der Waals surface area contributed by atoms with Crippen LogP contribution in [0.15, 0.2) is 48.5 Å². The van der Waals surface area contributed by atoms with Crippen LogP contribution in [0.25, 0.3) is 16.9 Å². The van der Waals surface area contributed by atoms with Gasteiger partial charge >= 0.3 is 6.18 Å². The molecule has 7 nitrogen and oxygen atoms in total. The molecule has 1 amide bonds. The first-order valence-electron chi connectivity index (χ1n) is 10.9. The van der Waals surface area contributed by atoms with Crippen molar-refractivity contribution >= 4 is 17.2 Å². The van der Waals surface area contributed by atoms with Gasteiger partial charge in [0.1, 0.15) is 0 Å². The summed E-state index contributed by atoms with van der Waals surface area (Å²) in [7, 11) is 2.90. The Kier molecular flexibility index (Phi) is 5.58. The normalized spacial score (nSPS) is 13.1. The molecule has 10 heteroatoms. The van der Waals surface area contributed by atoms with Gasteiger partial charge in [-0.2, -0.15) is 18.3 Å². The number of aryl methyl sites for hydroxylation is 2. The zero-order valence-electron chi connectivity index (χ0n) is 18.9. The van der Waals surface area contributed by atoms with Crippen molar-refractivity contribution in [2.45, 2.75) is 25.4 Å². The fourth-order valence-corrected chi connectivity index (χ4v) is 4.28. The highest BCUT2D eigenvalue weighted by Gasteiger charge is 2.35. The molecule has 0 unspecified atom stereocenters. The number of hydrogen-bond acceptors (Lipinski definition) is 5. The molecule has 0 atom stereocenters. The lowest BCUT2D eigenvalue weighted by atomic mass is 10.1. The molecule has 2 aromatic carbocycles. The van der Waals surface area contributed by atoms with Crippen LogP contribution < -0.4 is 14.8 Å². The van der Waals surface area contributed by atoms with Gasteiger partial charge in [-0.15, -0.1) is 0 Å². The number of alkyl halides is 3. The van der Waals surface area contributed by atoms with Crippen molar-refractivity contribution in [3.05, 3.63) is 71.0 Å². The smallest absolute Gasteiger partial charge is 0.433 e. The van der Waals surface area contributed by atoms with Gasteiger partial charge in [-0.25, -0.2) is 9.50 Å². The molecule has 0 saturated carbocycles. The van der Waals surface area contributed by atoms with Gasteiger partial charge in [-0.3, -0.25) is 4.79 Å². The van der Waals surface area contributed by atoms with Gasteiger partial charge in [0, 0.05) is 17.3 Å². The molecule has 2 aromatic heterocycles. The van der Waals surface area contributed by atoms with E-state index < -0.39 is 17.8 Å². The minimum absolute atomic E-state index is 0.0521. The number of aromatic nitrogens is 3. The number of rotatable bonds is 5. The predicted octanol–water partition coefficient (Wildman–Crippen LogP) is 5.17. The van der Waals surface area contributed by atoms with Crippen LogP contribution in [-0.4, -0.2) is 34.7 Å². The first-order valence-corrected chi connectivity index (χ1v) is 10.9. The van der Waals surface area contributed by atoms with Crippen molar-refractivity contribution in [3.63, 3.8) is 0 Å². The van der Waals surface area contributed by atoms with Crippen molar-refractivity contribution in [1.29, 1.82) is 0 Å². The molecule has 0 saturated heterocycles. The van der Waals surface area contributed by atoms with Crippen LogP contribution in [0.5, 0.6) is 11.5 Å². The van der Waals surface area contributed by atoms with E-state index in [1.54, 1.807) is 18.2 Å². The number of nitrogens with one attached hydrogen (secondary N) is 1. The van der Waals surface area contributed by atoms with E-state index in [-0.39, 0.29) is 17.0 Å². The van der Waals surface area contributed by atoms with E-state index in [2.05, 4.69) is 15.4 Å². The minimum atomic E-state index is -4.73. The number of benzene rings is 2. The number of amides is 1. The van der Waals surface area contributed by atoms with Crippen molar-refractivity contribution in [1.82, 2.24) is 14.6 Å². The number of ether oxygens (including phenoxy) is 2. The third-order valence-electron chi connectivity index (χ3n) is 5.99. The van der Waals surface area contributed by atoms with Crippen LogP contribution in [0.4, 0.5) is 18.9 Å². The van der Waals surface area contributed by atoms with Gasteiger partial charge in [-0.1, -0.05) is 6.07 Å². The summed E-state index contributed by atoms with van der Waals surface area (Å²) < 4.78 is 52.9. The second kappa shape index (κ2) is 8.61. The van der Waals surface area contributed by atoms with E-state index in [0.717, 1.165) is 25.3 Å². The zero-order chi connectivity index (χ0) is 24.7. The third kappa shape index (κ3) is 4.27. The molecule has 0 spiro atoms. The lowest BCUT2D eigenvalue weighted by molar-refractivity contribution is -0.142. The number of carbonyl (C=O) groups is 1. The standard InChI is InChI=1S/C25H21F3N4O3/c1-34-20-9-7-16(11-21(20)35-2)18-12-22(25(26,27)28)32-23(30-18)13-19(31-32)24(33)29-17-8-6-14-4-3-5-15(14)10-17/h6-13H,3-5H2,1-2H3,(H,29,33). The molecule has 5 rings (SSSR count). The summed E-state index contributed by atoms with van der Waals surface area (Å²) in [6.07, 6.45) is -1.73. The average Bonchev–Trinajstić information content (AvgIpc) is 3.48. The maximum absolute atomic E-state index is 13.9. The van der Waals surface area contributed by atoms with Crippen LogP contribution >= 0.6 is 0 Å². The van der Waals surface area contributed by atoms with Gasteiger partial charge in [0.2, 0.25) is 0 Å². The van der Waals surface area contributed by atoms with E-state index in [1.807, 2.05) is 12.1 Å². The van der Waals surface area contributed by atoms with Crippen LogP contribution in [-0.2, 0) is 19.0 Å². The Balaban J connectivity index is 1.54. The summed E-state index contributed by atoms with van der Waals surface area (Å²) in [6.45, 7) is 0. The van der Waals surface area contributed by atoms with Gasteiger partial charge in [0.25, 0.3) is 5.91 Å². The maximum Gasteiger partial charge on any atom is 0.433 e. The topological polar surface area (TPSA) is 77.8 Å². The van der Waals surface area contributed by atoms with Gasteiger partial charge in [0.15, 0.2) is 28.5 Å². The summed E-state index contributed by atoms with van der Waals surface area (Å²) >= 11 is 0. The van der Waals surface area contributed by atoms with Crippen molar-refractivity contribution in [3.8, 4) is 22.8 Å². The van der Waals surface area contributed by atoms with Crippen molar-refractivity contribution in [2.75, 3.05) is 19.5 Å². The monoisotopic (exact) mass is 482 g/mol. The number of carbonyl (C=O) groups excluding carboxylic acids is 1. The number of methoxy groups -OCH3 is 2. The SMILES string of the molecule is COc1ccc(-c2cc(C(F)(F)F)n3nc(C(=O)Nc4ccc5c(c4)CCC5)cc3n2)cc1OC. The number of hydrogen-bond donors (Lipinski definition) is 1. The molecule has 0 radical (unpaired) electrons.